The van der Waals surface area contributed by atoms with Gasteiger partial charge >= 0.3 is 0 Å². The predicted molar refractivity (Wildman–Crippen MR) is 84.0 cm³/mol. The maximum atomic E-state index is 11.9. The Morgan fingerprint density at radius 1 is 1.27 bits per heavy atom. The van der Waals surface area contributed by atoms with Gasteiger partial charge in [0.25, 0.3) is 5.91 Å². The molecule has 1 aliphatic heterocycles. The Balaban J connectivity index is 1.84. The van der Waals surface area contributed by atoms with Crippen LogP contribution in [0.4, 0.5) is 0 Å². The van der Waals surface area contributed by atoms with Crippen molar-refractivity contribution < 1.29 is 18.0 Å². The molecule has 0 spiro atoms. The summed E-state index contributed by atoms with van der Waals surface area (Å²) >= 11 is 11.6. The van der Waals surface area contributed by atoms with Gasteiger partial charge in [0, 0.05) is 11.1 Å². The number of hydrogen-bond acceptors (Lipinski definition) is 4. The molecule has 0 saturated carbocycles. The second kappa shape index (κ2) is 6.85. The lowest BCUT2D eigenvalue weighted by atomic mass is 10.2. The third kappa shape index (κ3) is 4.59. The third-order valence-corrected chi connectivity index (χ3v) is 5.50. The number of nitrogens with one attached hydrogen (secondary N) is 2. The van der Waals surface area contributed by atoms with Crippen LogP contribution in [0.3, 0.4) is 0 Å². The molecule has 6 nitrogen and oxygen atoms in total. The van der Waals surface area contributed by atoms with Crippen molar-refractivity contribution in [1.29, 1.82) is 0 Å². The molecule has 1 atom stereocenters. The Morgan fingerprint density at radius 2 is 2.00 bits per heavy atom. The summed E-state index contributed by atoms with van der Waals surface area (Å²) in [6, 6.07) is 4.02. The monoisotopic (exact) mass is 364 g/mol. The van der Waals surface area contributed by atoms with Crippen molar-refractivity contribution in [3.05, 3.63) is 33.8 Å². The van der Waals surface area contributed by atoms with Crippen LogP contribution in [-0.4, -0.2) is 44.3 Å². The van der Waals surface area contributed by atoms with Crippen molar-refractivity contribution in [2.45, 2.75) is 12.5 Å². The van der Waals surface area contributed by atoms with Crippen LogP contribution in [0, 0.1) is 0 Å². The minimum absolute atomic E-state index is 0.0598. The highest BCUT2D eigenvalue weighted by Crippen LogP contribution is 2.20. The van der Waals surface area contributed by atoms with Crippen LogP contribution in [0.15, 0.2) is 18.2 Å². The molecular formula is C13H14Cl2N2O4S. The summed E-state index contributed by atoms with van der Waals surface area (Å²) in [5.74, 6) is -0.934. The summed E-state index contributed by atoms with van der Waals surface area (Å²) in [4.78, 5) is 23.6. The highest BCUT2D eigenvalue weighted by molar-refractivity contribution is 7.91. The Hall–Kier alpha value is -1.31. The van der Waals surface area contributed by atoms with Gasteiger partial charge in [-0.2, -0.15) is 0 Å². The maximum Gasteiger partial charge on any atom is 0.253 e. The average Bonchev–Trinajstić information content (AvgIpc) is 2.75. The molecule has 2 amide bonds. The number of rotatable bonds is 4. The lowest BCUT2D eigenvalue weighted by Gasteiger charge is -2.11. The van der Waals surface area contributed by atoms with Crippen molar-refractivity contribution in [1.82, 2.24) is 10.6 Å². The zero-order valence-electron chi connectivity index (χ0n) is 11.4. The van der Waals surface area contributed by atoms with Crippen LogP contribution in [0.5, 0.6) is 0 Å². The minimum Gasteiger partial charge on any atom is -0.351 e. The molecule has 0 bridgehead atoms. The molecule has 9 heteroatoms. The zero-order chi connectivity index (χ0) is 16.3. The van der Waals surface area contributed by atoms with Crippen molar-refractivity contribution in [2.75, 3.05) is 18.1 Å². The maximum absolute atomic E-state index is 11.9. The molecule has 1 fully saturated rings. The standard InChI is InChI=1S/C13H14Cl2N2O4S/c14-8-1-2-10(11(15)5-8)13(19)16-6-12(18)17-9-3-4-22(20,21)7-9/h1-2,5,9H,3-4,6-7H2,(H,16,19)(H,17,18). The van der Waals surface area contributed by atoms with Gasteiger partial charge in [0.05, 0.1) is 28.6 Å². The van der Waals surface area contributed by atoms with E-state index in [1.807, 2.05) is 0 Å². The Kier molecular flexibility index (Phi) is 5.31. The fourth-order valence-electron chi connectivity index (χ4n) is 2.12. The summed E-state index contributed by atoms with van der Waals surface area (Å²) < 4.78 is 22.6. The van der Waals surface area contributed by atoms with E-state index in [0.717, 1.165) is 0 Å². The molecule has 1 aliphatic rings. The van der Waals surface area contributed by atoms with Gasteiger partial charge in [-0.25, -0.2) is 8.42 Å². The molecule has 22 heavy (non-hydrogen) atoms. The predicted octanol–water partition coefficient (Wildman–Crippen LogP) is 1.03. The van der Waals surface area contributed by atoms with Gasteiger partial charge in [0.1, 0.15) is 0 Å². The van der Waals surface area contributed by atoms with E-state index < -0.39 is 27.7 Å². The van der Waals surface area contributed by atoms with E-state index in [1.54, 1.807) is 0 Å². The van der Waals surface area contributed by atoms with Crippen molar-refractivity contribution in [2.24, 2.45) is 0 Å². The summed E-state index contributed by atoms with van der Waals surface area (Å²) in [6.45, 7) is -0.256. The summed E-state index contributed by atoms with van der Waals surface area (Å²) in [5.41, 5.74) is 0.210. The molecular weight excluding hydrogens is 351 g/mol. The van der Waals surface area contributed by atoms with E-state index >= 15 is 0 Å². The molecule has 2 rings (SSSR count). The quantitative estimate of drug-likeness (QED) is 0.834. The number of benzene rings is 1. The second-order valence-electron chi connectivity index (χ2n) is 4.97. The highest BCUT2D eigenvalue weighted by atomic mass is 35.5. The normalized spacial score (nSPS) is 19.6. The van der Waals surface area contributed by atoms with Crippen LogP contribution in [0.25, 0.3) is 0 Å². The summed E-state index contributed by atoms with van der Waals surface area (Å²) in [5, 5.41) is 5.60. The number of hydrogen-bond donors (Lipinski definition) is 2. The van der Waals surface area contributed by atoms with Crippen LogP contribution in [-0.2, 0) is 14.6 Å². The molecule has 1 aromatic carbocycles. The largest absolute Gasteiger partial charge is 0.351 e. The highest BCUT2D eigenvalue weighted by Gasteiger charge is 2.28. The van der Waals surface area contributed by atoms with E-state index in [0.29, 0.717) is 11.4 Å². The molecule has 0 aliphatic carbocycles. The Morgan fingerprint density at radius 3 is 2.59 bits per heavy atom. The van der Waals surface area contributed by atoms with Crippen LogP contribution >= 0.6 is 23.2 Å². The van der Waals surface area contributed by atoms with Crippen molar-refractivity contribution >= 4 is 44.9 Å². The first-order chi connectivity index (χ1) is 10.3. The third-order valence-electron chi connectivity index (χ3n) is 3.18. The number of halogens is 2. The van der Waals surface area contributed by atoms with Gasteiger partial charge < -0.3 is 10.6 Å². The molecule has 0 radical (unpaired) electrons. The SMILES string of the molecule is O=C(CNC(=O)c1ccc(Cl)cc1Cl)NC1CCS(=O)(=O)C1. The minimum atomic E-state index is -3.06. The van der Waals surface area contributed by atoms with Crippen LogP contribution < -0.4 is 10.6 Å². The number of carbonyl (C=O) groups excluding carboxylic acids is 2. The molecule has 1 unspecified atom stereocenters. The molecule has 2 N–H and O–H groups in total. The first-order valence-electron chi connectivity index (χ1n) is 6.50. The van der Waals surface area contributed by atoms with E-state index in [2.05, 4.69) is 10.6 Å². The number of carbonyl (C=O) groups is 2. The van der Waals surface area contributed by atoms with E-state index in [-0.39, 0.29) is 28.6 Å². The molecule has 1 heterocycles. The average molecular weight is 365 g/mol. The second-order valence-corrected chi connectivity index (χ2v) is 8.05. The van der Waals surface area contributed by atoms with Crippen molar-refractivity contribution in [3.63, 3.8) is 0 Å². The van der Waals surface area contributed by atoms with Gasteiger partial charge in [-0.3, -0.25) is 9.59 Å². The first kappa shape index (κ1) is 17.1. The number of sulfone groups is 1. The Bertz CT molecular complexity index is 706. The molecule has 120 valence electrons. The summed E-state index contributed by atoms with van der Waals surface area (Å²) in [7, 11) is -3.06. The van der Waals surface area contributed by atoms with Gasteiger partial charge in [0.2, 0.25) is 5.91 Å². The zero-order valence-corrected chi connectivity index (χ0v) is 13.8. The van der Waals surface area contributed by atoms with E-state index in [9.17, 15) is 18.0 Å². The van der Waals surface area contributed by atoms with Gasteiger partial charge in [-0.1, -0.05) is 23.2 Å². The lowest BCUT2D eigenvalue weighted by Crippen LogP contribution is -2.42. The van der Waals surface area contributed by atoms with Gasteiger partial charge in [0.15, 0.2) is 9.84 Å². The smallest absolute Gasteiger partial charge is 0.253 e. The molecule has 0 aromatic heterocycles. The van der Waals surface area contributed by atoms with Crippen LogP contribution in [0.2, 0.25) is 10.0 Å². The van der Waals surface area contributed by atoms with Gasteiger partial charge in [-0.15, -0.1) is 0 Å². The van der Waals surface area contributed by atoms with Gasteiger partial charge in [-0.05, 0) is 24.6 Å². The summed E-state index contributed by atoms with van der Waals surface area (Å²) in [6.07, 6.45) is 0.394. The van der Waals surface area contributed by atoms with E-state index in [1.165, 1.54) is 18.2 Å². The lowest BCUT2D eigenvalue weighted by molar-refractivity contribution is -0.120. The topological polar surface area (TPSA) is 92.3 Å². The Labute approximate surface area is 138 Å². The fourth-order valence-corrected chi connectivity index (χ4v) is 4.28. The fraction of sp³-hybridized carbons (Fsp3) is 0.385. The van der Waals surface area contributed by atoms with Crippen molar-refractivity contribution in [3.8, 4) is 0 Å². The van der Waals surface area contributed by atoms with Crippen LogP contribution in [0.1, 0.15) is 16.8 Å². The van der Waals surface area contributed by atoms with E-state index in [4.69, 9.17) is 23.2 Å². The molecule has 1 saturated heterocycles. The number of amides is 2. The first-order valence-corrected chi connectivity index (χ1v) is 9.07. The molecule has 1 aromatic rings.